The van der Waals surface area contributed by atoms with Crippen molar-refractivity contribution in [2.24, 2.45) is 11.5 Å². The fourth-order valence-electron chi connectivity index (χ4n) is 2.34. The standard InChI is InChI=1S/C11H23N3O2/c1-4-9(10(13)15)14-6-8(5-12)16-11(2,3)7-14/h8-9H,4-7,12H2,1-3H3,(H2,13,15). The molecule has 1 aliphatic rings. The smallest absolute Gasteiger partial charge is 0.234 e. The number of amides is 1. The third kappa shape index (κ3) is 3.17. The second kappa shape index (κ2) is 5.12. The van der Waals surface area contributed by atoms with Crippen LogP contribution in [0.5, 0.6) is 0 Å². The molecular formula is C11H23N3O2. The molecule has 0 aromatic heterocycles. The third-order valence-electron chi connectivity index (χ3n) is 2.93. The Labute approximate surface area is 97.1 Å². The van der Waals surface area contributed by atoms with Gasteiger partial charge in [-0.2, -0.15) is 0 Å². The maximum absolute atomic E-state index is 11.3. The van der Waals surface area contributed by atoms with Gasteiger partial charge in [0, 0.05) is 19.6 Å². The molecule has 1 amide bonds. The van der Waals surface area contributed by atoms with Crippen LogP contribution in [0.2, 0.25) is 0 Å². The fraction of sp³-hybridized carbons (Fsp3) is 0.909. The second-order valence-electron chi connectivity index (χ2n) is 4.99. The van der Waals surface area contributed by atoms with Gasteiger partial charge in [0.05, 0.1) is 17.7 Å². The Morgan fingerprint density at radius 1 is 1.62 bits per heavy atom. The number of ether oxygens (including phenoxy) is 1. The van der Waals surface area contributed by atoms with Crippen LogP contribution < -0.4 is 11.5 Å². The zero-order valence-corrected chi connectivity index (χ0v) is 10.4. The largest absolute Gasteiger partial charge is 0.368 e. The molecule has 1 aliphatic heterocycles. The lowest BCUT2D eigenvalue weighted by atomic mass is 10.0. The van der Waals surface area contributed by atoms with Gasteiger partial charge in [0.2, 0.25) is 5.91 Å². The van der Waals surface area contributed by atoms with E-state index in [0.717, 1.165) is 6.42 Å². The molecule has 1 rings (SSSR count). The summed E-state index contributed by atoms with van der Waals surface area (Å²) in [6.07, 6.45) is 0.708. The highest BCUT2D eigenvalue weighted by Crippen LogP contribution is 2.23. The van der Waals surface area contributed by atoms with E-state index in [1.54, 1.807) is 0 Å². The zero-order valence-electron chi connectivity index (χ0n) is 10.4. The Kier molecular flexibility index (Phi) is 4.29. The molecule has 1 heterocycles. The number of nitrogens with two attached hydrogens (primary N) is 2. The fourth-order valence-corrected chi connectivity index (χ4v) is 2.34. The molecule has 5 heteroatoms. The molecule has 0 saturated carbocycles. The average Bonchev–Trinajstić information content (AvgIpc) is 2.15. The maximum atomic E-state index is 11.3. The number of rotatable bonds is 4. The van der Waals surface area contributed by atoms with Gasteiger partial charge in [0.25, 0.3) is 0 Å². The van der Waals surface area contributed by atoms with Crippen molar-refractivity contribution in [3.8, 4) is 0 Å². The molecule has 0 aromatic carbocycles. The highest BCUT2D eigenvalue weighted by atomic mass is 16.5. The first kappa shape index (κ1) is 13.4. The van der Waals surface area contributed by atoms with Crippen molar-refractivity contribution in [1.82, 2.24) is 4.90 Å². The molecule has 0 aromatic rings. The van der Waals surface area contributed by atoms with Crippen LogP contribution in [0.15, 0.2) is 0 Å². The van der Waals surface area contributed by atoms with Crippen LogP contribution in [0.4, 0.5) is 0 Å². The summed E-state index contributed by atoms with van der Waals surface area (Å²) in [7, 11) is 0. The molecule has 1 fully saturated rings. The molecule has 0 radical (unpaired) electrons. The molecule has 5 nitrogen and oxygen atoms in total. The SMILES string of the molecule is CCC(C(N)=O)N1CC(CN)OC(C)(C)C1. The van der Waals surface area contributed by atoms with Crippen LogP contribution >= 0.6 is 0 Å². The minimum atomic E-state index is -0.273. The highest BCUT2D eigenvalue weighted by Gasteiger charge is 2.36. The summed E-state index contributed by atoms with van der Waals surface area (Å²) in [6.45, 7) is 7.85. The first-order valence-electron chi connectivity index (χ1n) is 5.81. The molecule has 0 bridgehead atoms. The topological polar surface area (TPSA) is 81.6 Å². The van der Waals surface area contributed by atoms with E-state index in [4.69, 9.17) is 16.2 Å². The van der Waals surface area contributed by atoms with E-state index in [1.165, 1.54) is 0 Å². The summed E-state index contributed by atoms with van der Waals surface area (Å²) >= 11 is 0. The van der Waals surface area contributed by atoms with E-state index in [9.17, 15) is 4.79 Å². The molecule has 2 atom stereocenters. The number of carbonyl (C=O) groups excluding carboxylic acids is 1. The molecule has 4 N–H and O–H groups in total. The molecule has 16 heavy (non-hydrogen) atoms. The van der Waals surface area contributed by atoms with Crippen LogP contribution in [0.3, 0.4) is 0 Å². The minimum Gasteiger partial charge on any atom is -0.368 e. The Hall–Kier alpha value is -0.650. The summed E-state index contributed by atoms with van der Waals surface area (Å²) < 4.78 is 5.81. The molecule has 94 valence electrons. The number of hydrogen-bond donors (Lipinski definition) is 2. The number of nitrogens with zero attached hydrogens (tertiary/aromatic N) is 1. The van der Waals surface area contributed by atoms with E-state index < -0.39 is 0 Å². The zero-order chi connectivity index (χ0) is 12.3. The Balaban J connectivity index is 2.75. The predicted molar refractivity (Wildman–Crippen MR) is 62.9 cm³/mol. The van der Waals surface area contributed by atoms with Crippen molar-refractivity contribution >= 4 is 5.91 Å². The van der Waals surface area contributed by atoms with Crippen molar-refractivity contribution in [3.63, 3.8) is 0 Å². The second-order valence-corrected chi connectivity index (χ2v) is 4.99. The maximum Gasteiger partial charge on any atom is 0.234 e. The van der Waals surface area contributed by atoms with Crippen molar-refractivity contribution in [2.75, 3.05) is 19.6 Å². The summed E-state index contributed by atoms with van der Waals surface area (Å²) in [5.74, 6) is -0.268. The molecule has 2 unspecified atom stereocenters. The van der Waals surface area contributed by atoms with Crippen LogP contribution in [-0.2, 0) is 9.53 Å². The Bertz CT molecular complexity index is 256. The van der Waals surface area contributed by atoms with Gasteiger partial charge in [-0.1, -0.05) is 6.92 Å². The summed E-state index contributed by atoms with van der Waals surface area (Å²) in [4.78, 5) is 13.4. The number of primary amides is 1. The highest BCUT2D eigenvalue weighted by molar-refractivity contribution is 5.79. The first-order valence-corrected chi connectivity index (χ1v) is 5.81. The van der Waals surface area contributed by atoms with Gasteiger partial charge in [-0.05, 0) is 20.3 Å². The quantitative estimate of drug-likeness (QED) is 0.693. The van der Waals surface area contributed by atoms with Gasteiger partial charge in [-0.3, -0.25) is 9.69 Å². The minimum absolute atomic E-state index is 0.0165. The van der Waals surface area contributed by atoms with Crippen LogP contribution in [-0.4, -0.2) is 48.2 Å². The van der Waals surface area contributed by atoms with Crippen LogP contribution in [0.1, 0.15) is 27.2 Å². The van der Waals surface area contributed by atoms with Gasteiger partial charge in [0.1, 0.15) is 0 Å². The normalized spacial score (nSPS) is 27.6. The predicted octanol–water partition coefficient (Wildman–Crippen LogP) is -0.312. The number of morpholine rings is 1. The molecule has 1 saturated heterocycles. The van der Waals surface area contributed by atoms with E-state index in [0.29, 0.717) is 19.6 Å². The first-order chi connectivity index (χ1) is 7.39. The third-order valence-corrected chi connectivity index (χ3v) is 2.93. The van der Waals surface area contributed by atoms with Crippen LogP contribution in [0.25, 0.3) is 0 Å². The van der Waals surface area contributed by atoms with Gasteiger partial charge in [-0.15, -0.1) is 0 Å². The monoisotopic (exact) mass is 229 g/mol. The van der Waals surface area contributed by atoms with E-state index in [1.807, 2.05) is 20.8 Å². The van der Waals surface area contributed by atoms with Gasteiger partial charge in [0.15, 0.2) is 0 Å². The molecule has 0 aliphatic carbocycles. The number of hydrogen-bond acceptors (Lipinski definition) is 4. The van der Waals surface area contributed by atoms with Gasteiger partial charge >= 0.3 is 0 Å². The molecular weight excluding hydrogens is 206 g/mol. The van der Waals surface area contributed by atoms with Gasteiger partial charge < -0.3 is 16.2 Å². The van der Waals surface area contributed by atoms with Crippen molar-refractivity contribution < 1.29 is 9.53 Å². The van der Waals surface area contributed by atoms with E-state index >= 15 is 0 Å². The Morgan fingerprint density at radius 2 is 2.25 bits per heavy atom. The summed E-state index contributed by atoms with van der Waals surface area (Å²) in [5, 5.41) is 0. The van der Waals surface area contributed by atoms with E-state index in [-0.39, 0.29) is 23.7 Å². The van der Waals surface area contributed by atoms with Crippen molar-refractivity contribution in [1.29, 1.82) is 0 Å². The lowest BCUT2D eigenvalue weighted by molar-refractivity contribution is -0.149. The van der Waals surface area contributed by atoms with E-state index in [2.05, 4.69) is 4.90 Å². The lowest BCUT2D eigenvalue weighted by Gasteiger charge is -2.44. The number of carbonyl (C=O) groups is 1. The van der Waals surface area contributed by atoms with Crippen molar-refractivity contribution in [2.45, 2.75) is 44.9 Å². The summed E-state index contributed by atoms with van der Waals surface area (Å²) in [5.41, 5.74) is 10.8. The molecule has 0 spiro atoms. The summed E-state index contributed by atoms with van der Waals surface area (Å²) in [6, 6.07) is -0.211. The Morgan fingerprint density at radius 3 is 2.69 bits per heavy atom. The van der Waals surface area contributed by atoms with Crippen LogP contribution in [0, 0.1) is 0 Å². The lowest BCUT2D eigenvalue weighted by Crippen LogP contribution is -2.59. The average molecular weight is 229 g/mol. The van der Waals surface area contributed by atoms with Gasteiger partial charge in [-0.25, -0.2) is 0 Å². The van der Waals surface area contributed by atoms with Crippen molar-refractivity contribution in [3.05, 3.63) is 0 Å².